The maximum atomic E-state index is 12.1. The highest BCUT2D eigenvalue weighted by Gasteiger charge is 2.12. The van der Waals surface area contributed by atoms with E-state index in [9.17, 15) is 4.79 Å². The standard InChI is InChI=1S/C16H19N7O3/c1-11-21-22-15(26-11)12-4-5-14(25-2)13(8-12)20-16(24)18-6-3-7-23-10-17-9-19-23/h4-5,8-10H,3,6-7H2,1-2H3,(H2,18,20,24). The molecular formula is C16H19N7O3. The van der Waals surface area contributed by atoms with Crippen LogP contribution in [0.3, 0.4) is 0 Å². The highest BCUT2D eigenvalue weighted by atomic mass is 16.5. The van der Waals surface area contributed by atoms with Crippen LogP contribution in [0.2, 0.25) is 0 Å². The molecule has 26 heavy (non-hydrogen) atoms. The van der Waals surface area contributed by atoms with E-state index in [1.807, 2.05) is 0 Å². The zero-order valence-corrected chi connectivity index (χ0v) is 14.5. The Morgan fingerprint density at radius 1 is 1.35 bits per heavy atom. The summed E-state index contributed by atoms with van der Waals surface area (Å²) in [6, 6.07) is 4.91. The van der Waals surface area contributed by atoms with Crippen LogP contribution in [0.15, 0.2) is 35.3 Å². The minimum atomic E-state index is -0.333. The van der Waals surface area contributed by atoms with Crippen molar-refractivity contribution in [2.24, 2.45) is 0 Å². The fourth-order valence-electron chi connectivity index (χ4n) is 2.31. The Kier molecular flexibility index (Phi) is 5.42. The van der Waals surface area contributed by atoms with Crippen LogP contribution in [0.25, 0.3) is 11.5 Å². The van der Waals surface area contributed by atoms with Crippen LogP contribution in [0.5, 0.6) is 5.75 Å². The molecule has 1 aromatic carbocycles. The van der Waals surface area contributed by atoms with E-state index in [2.05, 4.69) is 30.9 Å². The van der Waals surface area contributed by atoms with Gasteiger partial charge in [-0.05, 0) is 24.6 Å². The first-order valence-corrected chi connectivity index (χ1v) is 8.01. The van der Waals surface area contributed by atoms with Gasteiger partial charge in [-0.3, -0.25) is 4.68 Å². The Bertz CT molecular complexity index is 861. The van der Waals surface area contributed by atoms with E-state index in [1.54, 1.807) is 36.1 Å². The van der Waals surface area contributed by atoms with Crippen molar-refractivity contribution in [3.8, 4) is 17.2 Å². The summed E-state index contributed by atoms with van der Waals surface area (Å²) in [7, 11) is 1.53. The number of benzene rings is 1. The van der Waals surface area contributed by atoms with Gasteiger partial charge in [-0.15, -0.1) is 10.2 Å². The van der Waals surface area contributed by atoms with Crippen molar-refractivity contribution in [2.45, 2.75) is 19.9 Å². The van der Waals surface area contributed by atoms with Gasteiger partial charge in [0.05, 0.1) is 12.8 Å². The van der Waals surface area contributed by atoms with Crippen LogP contribution in [0, 0.1) is 6.92 Å². The van der Waals surface area contributed by atoms with Crippen LogP contribution < -0.4 is 15.4 Å². The molecule has 0 saturated carbocycles. The lowest BCUT2D eigenvalue weighted by Crippen LogP contribution is -2.30. The number of nitrogens with zero attached hydrogens (tertiary/aromatic N) is 5. The lowest BCUT2D eigenvalue weighted by molar-refractivity contribution is 0.251. The van der Waals surface area contributed by atoms with Gasteiger partial charge in [-0.25, -0.2) is 9.78 Å². The lowest BCUT2D eigenvalue weighted by Gasteiger charge is -2.12. The topological polar surface area (TPSA) is 120 Å². The van der Waals surface area contributed by atoms with Crippen LogP contribution in [0.4, 0.5) is 10.5 Å². The number of rotatable bonds is 7. The second-order valence-electron chi connectivity index (χ2n) is 5.43. The summed E-state index contributed by atoms with van der Waals surface area (Å²) in [4.78, 5) is 16.0. The first kappa shape index (κ1) is 17.4. The molecule has 3 aromatic rings. The third-order valence-corrected chi connectivity index (χ3v) is 3.54. The van der Waals surface area contributed by atoms with Crippen LogP contribution in [-0.2, 0) is 6.54 Å². The van der Waals surface area contributed by atoms with E-state index in [0.29, 0.717) is 41.9 Å². The predicted molar refractivity (Wildman–Crippen MR) is 92.7 cm³/mol. The number of hydrogen-bond donors (Lipinski definition) is 2. The highest BCUT2D eigenvalue weighted by Crippen LogP contribution is 2.30. The predicted octanol–water partition coefficient (Wildman–Crippen LogP) is 1.86. The molecule has 2 amide bonds. The van der Waals surface area contributed by atoms with Gasteiger partial charge in [-0.2, -0.15) is 5.10 Å². The summed E-state index contributed by atoms with van der Waals surface area (Å²) in [5.74, 6) is 1.37. The molecule has 2 N–H and O–H groups in total. The number of aromatic nitrogens is 5. The fraction of sp³-hybridized carbons (Fsp3) is 0.312. The van der Waals surface area contributed by atoms with Gasteiger partial charge < -0.3 is 19.8 Å². The number of amides is 2. The number of ether oxygens (including phenoxy) is 1. The number of urea groups is 1. The molecule has 0 aliphatic heterocycles. The van der Waals surface area contributed by atoms with E-state index in [0.717, 1.165) is 6.42 Å². The molecule has 10 nitrogen and oxygen atoms in total. The summed E-state index contributed by atoms with van der Waals surface area (Å²) in [5, 5.41) is 17.4. The fourth-order valence-corrected chi connectivity index (χ4v) is 2.31. The summed E-state index contributed by atoms with van der Waals surface area (Å²) in [6.07, 6.45) is 3.84. The highest BCUT2D eigenvalue weighted by molar-refractivity contribution is 5.91. The van der Waals surface area contributed by atoms with Crippen molar-refractivity contribution >= 4 is 11.7 Å². The number of anilines is 1. The van der Waals surface area contributed by atoms with Crippen molar-refractivity contribution in [1.82, 2.24) is 30.3 Å². The van der Waals surface area contributed by atoms with E-state index in [4.69, 9.17) is 9.15 Å². The van der Waals surface area contributed by atoms with Crippen molar-refractivity contribution < 1.29 is 13.9 Å². The molecule has 0 saturated heterocycles. The van der Waals surface area contributed by atoms with E-state index in [-0.39, 0.29) is 6.03 Å². The molecule has 0 spiro atoms. The third-order valence-electron chi connectivity index (χ3n) is 3.54. The molecule has 136 valence electrons. The number of carbonyl (C=O) groups is 1. The molecule has 3 rings (SSSR count). The van der Waals surface area contributed by atoms with Gasteiger partial charge in [-0.1, -0.05) is 0 Å². The number of carbonyl (C=O) groups excluding carboxylic acids is 1. The number of hydrogen-bond acceptors (Lipinski definition) is 7. The number of nitrogens with one attached hydrogen (secondary N) is 2. The minimum absolute atomic E-state index is 0.333. The van der Waals surface area contributed by atoms with Gasteiger partial charge in [0.2, 0.25) is 11.8 Å². The van der Waals surface area contributed by atoms with Crippen LogP contribution >= 0.6 is 0 Å². The van der Waals surface area contributed by atoms with Crippen molar-refractivity contribution in [1.29, 1.82) is 0 Å². The Labute approximate surface area is 149 Å². The smallest absolute Gasteiger partial charge is 0.319 e. The number of aryl methyl sites for hydroxylation is 2. The average Bonchev–Trinajstić information content (AvgIpc) is 3.30. The van der Waals surface area contributed by atoms with E-state index >= 15 is 0 Å². The summed E-state index contributed by atoms with van der Waals surface area (Å²) in [6.45, 7) is 2.89. The summed E-state index contributed by atoms with van der Waals surface area (Å²) < 4.78 is 12.4. The second kappa shape index (κ2) is 8.10. The monoisotopic (exact) mass is 357 g/mol. The Morgan fingerprint density at radius 3 is 2.92 bits per heavy atom. The van der Waals surface area contributed by atoms with Gasteiger partial charge in [0.1, 0.15) is 18.4 Å². The maximum absolute atomic E-state index is 12.1. The molecule has 2 heterocycles. The van der Waals surface area contributed by atoms with Crippen molar-refractivity contribution in [3.63, 3.8) is 0 Å². The van der Waals surface area contributed by atoms with Gasteiger partial charge in [0, 0.05) is 25.6 Å². The normalized spacial score (nSPS) is 10.5. The molecule has 2 aromatic heterocycles. The number of methoxy groups -OCH3 is 1. The Morgan fingerprint density at radius 2 is 2.23 bits per heavy atom. The molecule has 0 aliphatic rings. The molecule has 10 heteroatoms. The van der Waals surface area contributed by atoms with E-state index in [1.165, 1.54) is 13.4 Å². The van der Waals surface area contributed by atoms with Gasteiger partial charge >= 0.3 is 6.03 Å². The van der Waals surface area contributed by atoms with Crippen molar-refractivity contribution in [2.75, 3.05) is 19.0 Å². The Hall–Kier alpha value is -3.43. The first-order valence-electron chi connectivity index (χ1n) is 8.01. The van der Waals surface area contributed by atoms with Gasteiger partial charge in [0.25, 0.3) is 0 Å². The minimum Gasteiger partial charge on any atom is -0.495 e. The Balaban J connectivity index is 1.59. The lowest BCUT2D eigenvalue weighted by atomic mass is 10.2. The largest absolute Gasteiger partial charge is 0.495 e. The van der Waals surface area contributed by atoms with Crippen LogP contribution in [-0.4, -0.2) is 44.6 Å². The van der Waals surface area contributed by atoms with Crippen molar-refractivity contribution in [3.05, 3.63) is 36.7 Å². The third kappa shape index (κ3) is 4.35. The van der Waals surface area contributed by atoms with Gasteiger partial charge in [0.15, 0.2) is 0 Å². The molecule has 0 aliphatic carbocycles. The maximum Gasteiger partial charge on any atom is 0.319 e. The van der Waals surface area contributed by atoms with E-state index < -0.39 is 0 Å². The average molecular weight is 357 g/mol. The summed E-state index contributed by atoms with van der Waals surface area (Å²) in [5.41, 5.74) is 1.20. The molecular weight excluding hydrogens is 338 g/mol. The molecule has 0 bridgehead atoms. The molecule has 0 atom stereocenters. The quantitative estimate of drug-likeness (QED) is 0.619. The summed E-state index contributed by atoms with van der Waals surface area (Å²) >= 11 is 0. The first-order chi connectivity index (χ1) is 12.7. The second-order valence-corrected chi connectivity index (χ2v) is 5.43. The SMILES string of the molecule is COc1ccc(-c2nnc(C)o2)cc1NC(=O)NCCCn1cncn1. The zero-order chi connectivity index (χ0) is 18.4. The molecule has 0 fully saturated rings. The molecule has 0 radical (unpaired) electrons. The molecule has 0 unspecified atom stereocenters. The van der Waals surface area contributed by atoms with Crippen LogP contribution in [0.1, 0.15) is 12.3 Å². The zero-order valence-electron chi connectivity index (χ0n) is 14.5.